The molecule has 2 heterocycles. The predicted molar refractivity (Wildman–Crippen MR) is 85.9 cm³/mol. The molecule has 2 nitrogen and oxygen atoms in total. The summed E-state index contributed by atoms with van der Waals surface area (Å²) in [5.41, 5.74) is 3.11. The molecule has 3 aromatic rings. The van der Waals surface area contributed by atoms with Crippen LogP contribution < -0.4 is 0 Å². The first-order valence-corrected chi connectivity index (χ1v) is 7.80. The molecule has 0 aliphatic carbocycles. The minimum absolute atomic E-state index is 0.647. The first-order valence-electron chi connectivity index (χ1n) is 6.17. The van der Waals surface area contributed by atoms with Crippen LogP contribution in [0, 0.1) is 6.92 Å². The lowest BCUT2D eigenvalue weighted by Gasteiger charge is -2.02. The number of imidazole rings is 1. The maximum atomic E-state index is 6.20. The molecule has 3 rings (SSSR count). The van der Waals surface area contributed by atoms with E-state index in [1.807, 2.05) is 25.1 Å². The molecular formula is C15H12Cl2N2S. The van der Waals surface area contributed by atoms with Crippen LogP contribution in [0.2, 0.25) is 10.0 Å². The number of aryl methyl sites for hydroxylation is 1. The maximum absolute atomic E-state index is 6.20. The Balaban J connectivity index is 1.90. The molecule has 0 aliphatic rings. The Morgan fingerprint density at radius 2 is 2.10 bits per heavy atom. The molecule has 1 aromatic carbocycles. The van der Waals surface area contributed by atoms with E-state index in [0.29, 0.717) is 16.5 Å². The molecule has 0 saturated carbocycles. The van der Waals surface area contributed by atoms with Crippen molar-refractivity contribution >= 4 is 34.5 Å². The van der Waals surface area contributed by atoms with Crippen molar-refractivity contribution in [3.05, 3.63) is 62.8 Å². The summed E-state index contributed by atoms with van der Waals surface area (Å²) in [5.74, 6) is 0.912. The Hall–Kier alpha value is -1.29. The van der Waals surface area contributed by atoms with Crippen molar-refractivity contribution in [2.24, 2.45) is 0 Å². The van der Waals surface area contributed by atoms with E-state index >= 15 is 0 Å². The highest BCUT2D eigenvalue weighted by molar-refractivity contribution is 7.13. The molecule has 0 unspecified atom stereocenters. The van der Waals surface area contributed by atoms with Gasteiger partial charge in [-0.25, -0.2) is 4.98 Å². The van der Waals surface area contributed by atoms with E-state index in [1.54, 1.807) is 17.4 Å². The molecule has 0 fully saturated rings. The van der Waals surface area contributed by atoms with Crippen LogP contribution in [-0.4, -0.2) is 9.97 Å². The summed E-state index contributed by atoms with van der Waals surface area (Å²) in [6.45, 7) is 2.04. The van der Waals surface area contributed by atoms with Gasteiger partial charge >= 0.3 is 0 Å². The Morgan fingerprint density at radius 1 is 1.25 bits per heavy atom. The number of thiophene rings is 1. The summed E-state index contributed by atoms with van der Waals surface area (Å²) in [6.07, 6.45) is 0.669. The summed E-state index contributed by atoms with van der Waals surface area (Å²) in [7, 11) is 0. The number of aromatic nitrogens is 2. The Labute approximate surface area is 131 Å². The predicted octanol–water partition coefficient (Wildman–Crippen LogP) is 5.34. The number of aromatic amines is 1. The fourth-order valence-corrected chi connectivity index (χ4v) is 3.35. The largest absolute Gasteiger partial charge is 0.345 e. The van der Waals surface area contributed by atoms with Crippen molar-refractivity contribution in [1.29, 1.82) is 0 Å². The molecule has 20 heavy (non-hydrogen) atoms. The third-order valence-electron chi connectivity index (χ3n) is 3.06. The van der Waals surface area contributed by atoms with Gasteiger partial charge < -0.3 is 4.98 Å². The van der Waals surface area contributed by atoms with Gasteiger partial charge in [0.15, 0.2) is 0 Å². The van der Waals surface area contributed by atoms with Crippen LogP contribution in [0.15, 0.2) is 35.7 Å². The van der Waals surface area contributed by atoms with Crippen molar-refractivity contribution in [2.75, 3.05) is 0 Å². The molecule has 0 saturated heterocycles. The second kappa shape index (κ2) is 5.60. The van der Waals surface area contributed by atoms with Gasteiger partial charge in [0, 0.05) is 22.2 Å². The number of H-pyrrole nitrogens is 1. The van der Waals surface area contributed by atoms with Gasteiger partial charge in [0.1, 0.15) is 11.5 Å². The van der Waals surface area contributed by atoms with Crippen LogP contribution in [-0.2, 0) is 6.42 Å². The zero-order valence-electron chi connectivity index (χ0n) is 10.8. The molecule has 0 bridgehead atoms. The average Bonchev–Trinajstić information content (AvgIpc) is 3.02. The highest BCUT2D eigenvalue weighted by Gasteiger charge is 2.11. The van der Waals surface area contributed by atoms with Gasteiger partial charge in [0.25, 0.3) is 0 Å². The highest BCUT2D eigenvalue weighted by Crippen LogP contribution is 2.27. The third kappa shape index (κ3) is 2.75. The topological polar surface area (TPSA) is 28.7 Å². The van der Waals surface area contributed by atoms with Gasteiger partial charge in [-0.1, -0.05) is 35.3 Å². The van der Waals surface area contributed by atoms with Crippen molar-refractivity contribution in [3.63, 3.8) is 0 Å². The smallest absolute Gasteiger partial charge is 0.111 e. The minimum atomic E-state index is 0.647. The number of rotatable bonds is 3. The lowest BCUT2D eigenvalue weighted by molar-refractivity contribution is 1.02. The zero-order valence-corrected chi connectivity index (χ0v) is 13.1. The number of nitrogens with one attached hydrogen (secondary N) is 1. The van der Waals surface area contributed by atoms with Crippen molar-refractivity contribution in [1.82, 2.24) is 9.97 Å². The second-order valence-corrected chi connectivity index (χ2v) is 6.34. The highest BCUT2D eigenvalue weighted by atomic mass is 35.5. The van der Waals surface area contributed by atoms with Crippen LogP contribution in [0.4, 0.5) is 0 Å². The van der Waals surface area contributed by atoms with Crippen molar-refractivity contribution in [3.8, 4) is 10.6 Å². The minimum Gasteiger partial charge on any atom is -0.345 e. The Bertz CT molecular complexity index is 732. The van der Waals surface area contributed by atoms with E-state index in [9.17, 15) is 0 Å². The standard InChI is InChI=1S/C15H12Cl2N2S/c1-9-15(13-3-2-6-20-13)19-14(18-9)7-10-4-5-11(16)8-12(10)17/h2-6,8H,7H2,1H3,(H,18,19). The number of hydrogen-bond donors (Lipinski definition) is 1. The van der Waals surface area contributed by atoms with Gasteiger partial charge in [-0.3, -0.25) is 0 Å². The first kappa shape index (κ1) is 13.7. The quantitative estimate of drug-likeness (QED) is 0.692. The van der Waals surface area contributed by atoms with E-state index in [2.05, 4.69) is 21.4 Å². The van der Waals surface area contributed by atoms with E-state index in [1.165, 1.54) is 4.88 Å². The van der Waals surface area contributed by atoms with Crippen LogP contribution in [0.1, 0.15) is 17.1 Å². The molecule has 2 aromatic heterocycles. The molecule has 0 atom stereocenters. The molecule has 5 heteroatoms. The summed E-state index contributed by atoms with van der Waals surface area (Å²) < 4.78 is 0. The summed E-state index contributed by atoms with van der Waals surface area (Å²) in [6, 6.07) is 9.65. The number of hydrogen-bond acceptors (Lipinski definition) is 2. The average molecular weight is 323 g/mol. The number of halogens is 2. The molecule has 102 valence electrons. The number of benzene rings is 1. The van der Waals surface area contributed by atoms with E-state index < -0.39 is 0 Å². The molecule has 0 amide bonds. The van der Waals surface area contributed by atoms with Gasteiger partial charge in [-0.2, -0.15) is 0 Å². The number of nitrogens with zero attached hydrogens (tertiary/aromatic N) is 1. The van der Waals surface area contributed by atoms with E-state index in [-0.39, 0.29) is 0 Å². The van der Waals surface area contributed by atoms with Crippen LogP contribution >= 0.6 is 34.5 Å². The Kier molecular flexibility index (Phi) is 3.83. The molecule has 1 N–H and O–H groups in total. The van der Waals surface area contributed by atoms with E-state index in [0.717, 1.165) is 22.8 Å². The summed E-state index contributed by atoms with van der Waals surface area (Å²) >= 11 is 13.8. The lowest BCUT2D eigenvalue weighted by atomic mass is 10.1. The van der Waals surface area contributed by atoms with Crippen molar-refractivity contribution in [2.45, 2.75) is 13.3 Å². The fourth-order valence-electron chi connectivity index (χ4n) is 2.10. The molecule has 0 spiro atoms. The first-order chi connectivity index (χ1) is 9.63. The monoisotopic (exact) mass is 322 g/mol. The Morgan fingerprint density at radius 3 is 2.80 bits per heavy atom. The van der Waals surface area contributed by atoms with Crippen LogP contribution in [0.5, 0.6) is 0 Å². The normalized spacial score (nSPS) is 10.9. The zero-order chi connectivity index (χ0) is 14.1. The third-order valence-corrected chi connectivity index (χ3v) is 4.52. The molecular weight excluding hydrogens is 311 g/mol. The second-order valence-electron chi connectivity index (χ2n) is 4.55. The summed E-state index contributed by atoms with van der Waals surface area (Å²) in [5, 5.41) is 3.37. The van der Waals surface area contributed by atoms with Gasteiger partial charge in [-0.05, 0) is 36.1 Å². The lowest BCUT2D eigenvalue weighted by Crippen LogP contribution is -1.92. The van der Waals surface area contributed by atoms with Crippen molar-refractivity contribution < 1.29 is 0 Å². The fraction of sp³-hybridized carbons (Fsp3) is 0.133. The SMILES string of the molecule is Cc1[nH]c(Cc2ccc(Cl)cc2Cl)nc1-c1cccs1. The van der Waals surface area contributed by atoms with Crippen LogP contribution in [0.3, 0.4) is 0 Å². The maximum Gasteiger partial charge on any atom is 0.111 e. The van der Waals surface area contributed by atoms with Gasteiger partial charge in [0.05, 0.1) is 4.88 Å². The van der Waals surface area contributed by atoms with E-state index in [4.69, 9.17) is 23.2 Å². The molecule has 0 aliphatic heterocycles. The molecule has 0 radical (unpaired) electrons. The summed E-state index contributed by atoms with van der Waals surface area (Å²) in [4.78, 5) is 9.17. The van der Waals surface area contributed by atoms with Crippen LogP contribution in [0.25, 0.3) is 10.6 Å². The van der Waals surface area contributed by atoms with Gasteiger partial charge in [-0.15, -0.1) is 11.3 Å². The van der Waals surface area contributed by atoms with Gasteiger partial charge in [0.2, 0.25) is 0 Å².